The number of aliphatic hydroxyl groups is 1. The normalized spacial score (nSPS) is 9.84. The van der Waals surface area contributed by atoms with E-state index in [0.717, 1.165) is 12.8 Å². The molecule has 0 heterocycles. The van der Waals surface area contributed by atoms with Gasteiger partial charge in [-0.3, -0.25) is 0 Å². The van der Waals surface area contributed by atoms with Crippen LogP contribution in [0.5, 0.6) is 5.75 Å². The largest absolute Gasteiger partial charge is 0.493 e. The van der Waals surface area contributed by atoms with Gasteiger partial charge in [-0.1, -0.05) is 38.0 Å². The van der Waals surface area contributed by atoms with Crippen LogP contribution in [0, 0.1) is 17.7 Å². The molecule has 0 aliphatic heterocycles. The molecule has 2 nitrogen and oxygen atoms in total. The Labute approximate surface area is 114 Å². The maximum Gasteiger partial charge on any atom is 0.142 e. The Balaban J connectivity index is 2.46. The molecule has 0 atom stereocenters. The molecule has 1 rings (SSSR count). The summed E-state index contributed by atoms with van der Waals surface area (Å²) in [5, 5.41) is 8.60. The van der Waals surface area contributed by atoms with Crippen LogP contribution in [-0.2, 0) is 0 Å². The van der Waals surface area contributed by atoms with Gasteiger partial charge in [0, 0.05) is 12.5 Å². The summed E-state index contributed by atoms with van der Waals surface area (Å²) >= 11 is 0. The maximum atomic E-state index is 13.7. The highest BCUT2D eigenvalue weighted by Gasteiger charge is 2.02. The van der Waals surface area contributed by atoms with Gasteiger partial charge in [-0.25, -0.2) is 4.39 Å². The standard InChI is InChI=1S/C16H21FO2/c1-2-3-4-7-12-19-15-10-9-14(16(17)13-15)8-5-6-11-18/h9-10,13,18H,2-4,6-7,11-12H2,1H3. The lowest BCUT2D eigenvalue weighted by atomic mass is 10.2. The van der Waals surface area contributed by atoms with Crippen LogP contribution in [0.25, 0.3) is 0 Å². The Hall–Kier alpha value is -1.53. The minimum atomic E-state index is -0.378. The summed E-state index contributed by atoms with van der Waals surface area (Å²) in [6.45, 7) is 2.77. The summed E-state index contributed by atoms with van der Waals surface area (Å²) in [6, 6.07) is 4.70. The van der Waals surface area contributed by atoms with E-state index in [9.17, 15) is 4.39 Å². The molecular formula is C16H21FO2. The van der Waals surface area contributed by atoms with E-state index >= 15 is 0 Å². The van der Waals surface area contributed by atoms with Crippen LogP contribution in [0.4, 0.5) is 4.39 Å². The summed E-state index contributed by atoms with van der Waals surface area (Å²) in [5.74, 6) is 5.55. The molecular weight excluding hydrogens is 243 g/mol. The van der Waals surface area contributed by atoms with Crippen LogP contribution in [0.3, 0.4) is 0 Å². The van der Waals surface area contributed by atoms with Crippen molar-refractivity contribution in [3.63, 3.8) is 0 Å². The minimum absolute atomic E-state index is 0.00638. The Morgan fingerprint density at radius 3 is 2.79 bits per heavy atom. The Morgan fingerprint density at radius 2 is 2.11 bits per heavy atom. The van der Waals surface area contributed by atoms with Crippen molar-refractivity contribution in [2.24, 2.45) is 0 Å². The average molecular weight is 264 g/mol. The zero-order chi connectivity index (χ0) is 13.9. The molecule has 1 aromatic rings. The van der Waals surface area contributed by atoms with Crippen LogP contribution < -0.4 is 4.74 Å². The Morgan fingerprint density at radius 1 is 1.26 bits per heavy atom. The first kappa shape index (κ1) is 15.5. The molecule has 0 aliphatic rings. The molecule has 0 spiro atoms. The number of rotatable bonds is 7. The molecule has 0 saturated carbocycles. The van der Waals surface area contributed by atoms with Crippen molar-refractivity contribution < 1.29 is 14.2 Å². The fraction of sp³-hybridized carbons (Fsp3) is 0.500. The third kappa shape index (κ3) is 6.26. The van der Waals surface area contributed by atoms with Gasteiger partial charge in [-0.05, 0) is 18.6 Å². The molecule has 0 fully saturated rings. The first-order valence-corrected chi connectivity index (χ1v) is 6.80. The molecule has 0 radical (unpaired) electrons. The van der Waals surface area contributed by atoms with Crippen LogP contribution in [0.1, 0.15) is 44.6 Å². The number of unbranched alkanes of at least 4 members (excludes halogenated alkanes) is 3. The number of ether oxygens (including phenoxy) is 1. The predicted molar refractivity (Wildman–Crippen MR) is 74.6 cm³/mol. The van der Waals surface area contributed by atoms with Gasteiger partial charge in [0.1, 0.15) is 11.6 Å². The van der Waals surface area contributed by atoms with Crippen LogP contribution in [0.15, 0.2) is 18.2 Å². The average Bonchev–Trinajstić information content (AvgIpc) is 2.41. The van der Waals surface area contributed by atoms with Gasteiger partial charge < -0.3 is 9.84 Å². The number of hydrogen-bond donors (Lipinski definition) is 1. The lowest BCUT2D eigenvalue weighted by Crippen LogP contribution is -1.98. The van der Waals surface area contributed by atoms with Crippen molar-refractivity contribution in [3.8, 4) is 17.6 Å². The van der Waals surface area contributed by atoms with Crippen molar-refractivity contribution in [2.45, 2.75) is 39.0 Å². The molecule has 104 valence electrons. The molecule has 3 heteroatoms. The highest BCUT2D eigenvalue weighted by atomic mass is 19.1. The van der Waals surface area contributed by atoms with Crippen molar-refractivity contribution in [1.82, 2.24) is 0 Å². The molecule has 0 aromatic heterocycles. The summed E-state index contributed by atoms with van der Waals surface area (Å²) in [7, 11) is 0. The van der Waals surface area contributed by atoms with Crippen molar-refractivity contribution >= 4 is 0 Å². The Kier molecular flexibility index (Phi) is 7.69. The molecule has 0 amide bonds. The number of halogens is 1. The molecule has 0 unspecified atom stereocenters. The second kappa shape index (κ2) is 9.41. The third-order valence-corrected chi connectivity index (χ3v) is 2.67. The molecule has 1 N–H and O–H groups in total. The molecule has 0 bridgehead atoms. The first-order chi connectivity index (χ1) is 9.27. The van der Waals surface area contributed by atoms with Crippen molar-refractivity contribution in [3.05, 3.63) is 29.6 Å². The van der Waals surface area contributed by atoms with Gasteiger partial charge in [-0.2, -0.15) is 0 Å². The van der Waals surface area contributed by atoms with Crippen molar-refractivity contribution in [2.75, 3.05) is 13.2 Å². The summed E-state index contributed by atoms with van der Waals surface area (Å²) in [5.41, 5.74) is 0.340. The first-order valence-electron chi connectivity index (χ1n) is 6.80. The maximum absolute atomic E-state index is 13.7. The van der Waals surface area contributed by atoms with Gasteiger partial charge in [0.25, 0.3) is 0 Å². The predicted octanol–water partition coefficient (Wildman–Crippen LogP) is 3.52. The summed E-state index contributed by atoms with van der Waals surface area (Å²) in [6.07, 6.45) is 4.89. The second-order valence-corrected chi connectivity index (χ2v) is 4.33. The van der Waals surface area contributed by atoms with Crippen LogP contribution in [0.2, 0.25) is 0 Å². The Bertz CT molecular complexity index is 432. The summed E-state index contributed by atoms with van der Waals surface area (Å²) < 4.78 is 19.1. The molecule has 0 saturated heterocycles. The van der Waals surface area contributed by atoms with E-state index in [0.29, 0.717) is 24.3 Å². The zero-order valence-corrected chi connectivity index (χ0v) is 11.4. The number of hydrogen-bond acceptors (Lipinski definition) is 2. The minimum Gasteiger partial charge on any atom is -0.493 e. The fourth-order valence-electron chi connectivity index (χ4n) is 1.62. The van der Waals surface area contributed by atoms with Gasteiger partial charge in [0.15, 0.2) is 0 Å². The highest BCUT2D eigenvalue weighted by Crippen LogP contribution is 2.16. The number of aliphatic hydroxyl groups excluding tert-OH is 1. The van der Waals surface area contributed by atoms with Gasteiger partial charge in [0.05, 0.1) is 18.8 Å². The SMILES string of the molecule is CCCCCCOc1ccc(C#CCCO)c(F)c1. The summed E-state index contributed by atoms with van der Waals surface area (Å²) in [4.78, 5) is 0. The van der Waals surface area contributed by atoms with Gasteiger partial charge in [0.2, 0.25) is 0 Å². The quantitative estimate of drug-likeness (QED) is 0.603. The van der Waals surface area contributed by atoms with Crippen LogP contribution in [-0.4, -0.2) is 18.3 Å². The zero-order valence-electron chi connectivity index (χ0n) is 11.4. The topological polar surface area (TPSA) is 29.5 Å². The van der Waals surface area contributed by atoms with E-state index in [4.69, 9.17) is 9.84 Å². The van der Waals surface area contributed by atoms with Crippen molar-refractivity contribution in [1.29, 1.82) is 0 Å². The second-order valence-electron chi connectivity index (χ2n) is 4.33. The highest BCUT2D eigenvalue weighted by molar-refractivity contribution is 5.39. The molecule has 19 heavy (non-hydrogen) atoms. The van der Waals surface area contributed by atoms with E-state index in [-0.39, 0.29) is 12.4 Å². The fourth-order valence-corrected chi connectivity index (χ4v) is 1.62. The molecule has 0 aliphatic carbocycles. The third-order valence-electron chi connectivity index (χ3n) is 2.67. The lowest BCUT2D eigenvalue weighted by Gasteiger charge is -2.06. The number of benzene rings is 1. The van der Waals surface area contributed by atoms with E-state index in [1.807, 2.05) is 0 Å². The smallest absolute Gasteiger partial charge is 0.142 e. The molecule has 1 aromatic carbocycles. The van der Waals surface area contributed by atoms with Gasteiger partial charge >= 0.3 is 0 Å². The van der Waals surface area contributed by atoms with E-state index in [1.54, 1.807) is 12.1 Å². The monoisotopic (exact) mass is 264 g/mol. The van der Waals surface area contributed by atoms with E-state index in [2.05, 4.69) is 18.8 Å². The van der Waals surface area contributed by atoms with Crippen LogP contribution >= 0.6 is 0 Å². The lowest BCUT2D eigenvalue weighted by molar-refractivity contribution is 0.303. The van der Waals surface area contributed by atoms with E-state index in [1.165, 1.54) is 18.9 Å². The van der Waals surface area contributed by atoms with E-state index < -0.39 is 0 Å². The van der Waals surface area contributed by atoms with Gasteiger partial charge in [-0.15, -0.1) is 0 Å².